The molecule has 0 bridgehead atoms. The predicted octanol–water partition coefficient (Wildman–Crippen LogP) is 4.69. The minimum absolute atomic E-state index is 0.00713. The van der Waals surface area contributed by atoms with Crippen molar-refractivity contribution in [3.05, 3.63) is 72.3 Å². The average molecular weight is 618 g/mol. The summed E-state index contributed by atoms with van der Waals surface area (Å²) in [5, 5.41) is 9.96. The number of imidazole rings is 1. The van der Waals surface area contributed by atoms with E-state index in [4.69, 9.17) is 0 Å². The first-order valence-electron chi connectivity index (χ1n) is 13.5. The van der Waals surface area contributed by atoms with Gasteiger partial charge in [0, 0.05) is 36.5 Å². The highest BCUT2D eigenvalue weighted by atomic mass is 32.2. The Labute approximate surface area is 249 Å². The number of hydrogen-bond donors (Lipinski definition) is 4. The highest BCUT2D eigenvalue weighted by molar-refractivity contribution is 7.88. The molecule has 1 amide bonds. The Kier molecular flexibility index (Phi) is 7.57. The molecule has 0 aliphatic carbocycles. The highest BCUT2D eigenvalue weighted by Crippen LogP contribution is 2.34. The summed E-state index contributed by atoms with van der Waals surface area (Å²) >= 11 is 0. The van der Waals surface area contributed by atoms with Crippen LogP contribution in [-0.4, -0.2) is 55.7 Å². The van der Waals surface area contributed by atoms with E-state index in [0.717, 1.165) is 6.26 Å². The Morgan fingerprint density at radius 1 is 0.977 bits per heavy atom. The molecule has 44 heavy (non-hydrogen) atoms. The number of anilines is 1. The molecule has 5 heterocycles. The highest BCUT2D eigenvalue weighted by Gasteiger charge is 2.22. The van der Waals surface area contributed by atoms with Crippen molar-refractivity contribution in [2.75, 3.05) is 11.6 Å². The Bertz CT molecular complexity index is 2160. The van der Waals surface area contributed by atoms with Crippen molar-refractivity contribution in [2.45, 2.75) is 26.3 Å². The van der Waals surface area contributed by atoms with Crippen LogP contribution < -0.4 is 10.0 Å². The fourth-order valence-corrected chi connectivity index (χ4v) is 5.23. The third kappa shape index (κ3) is 5.87. The Hall–Kier alpha value is -5.15. The predicted molar refractivity (Wildman–Crippen MR) is 161 cm³/mol. The van der Waals surface area contributed by atoms with Crippen LogP contribution in [0.1, 0.15) is 25.3 Å². The molecule has 0 unspecified atom stereocenters. The summed E-state index contributed by atoms with van der Waals surface area (Å²) in [5.41, 5.74) is 3.30. The number of amides is 1. The monoisotopic (exact) mass is 617 g/mol. The van der Waals surface area contributed by atoms with Crippen LogP contribution in [0.2, 0.25) is 0 Å². The number of sulfonamides is 1. The van der Waals surface area contributed by atoms with E-state index in [-0.39, 0.29) is 35.1 Å². The minimum atomic E-state index is -3.49. The molecular formula is C29H25F2N9O3S. The van der Waals surface area contributed by atoms with Crippen LogP contribution in [0.15, 0.2) is 55.1 Å². The molecule has 5 aromatic heterocycles. The van der Waals surface area contributed by atoms with Gasteiger partial charge in [0.1, 0.15) is 22.7 Å². The number of aromatic nitrogens is 7. The second-order valence-corrected chi connectivity index (χ2v) is 12.0. The Morgan fingerprint density at radius 3 is 2.61 bits per heavy atom. The molecule has 0 radical (unpaired) electrons. The van der Waals surface area contributed by atoms with Gasteiger partial charge in [-0.05, 0) is 42.3 Å². The van der Waals surface area contributed by atoms with Crippen molar-refractivity contribution >= 4 is 43.6 Å². The molecule has 0 saturated heterocycles. The van der Waals surface area contributed by atoms with Gasteiger partial charge in [-0.15, -0.1) is 0 Å². The topological polar surface area (TPSA) is 171 Å². The van der Waals surface area contributed by atoms with Gasteiger partial charge in [0.05, 0.1) is 46.5 Å². The molecule has 0 spiro atoms. The third-order valence-corrected chi connectivity index (χ3v) is 7.38. The largest absolute Gasteiger partial charge is 0.336 e. The summed E-state index contributed by atoms with van der Waals surface area (Å²) in [6, 6.07) is 7.38. The number of H-pyrrole nitrogens is 2. The third-order valence-electron chi connectivity index (χ3n) is 6.71. The SMILES string of the molecule is CCCC(=O)Nc1cncc(-c2ncc3[nH]nc(-c4nc5c(-c6cc(F)cc(CNS(C)(=O)=O)c6)nccc5[nH]4)c3c2F)c1. The van der Waals surface area contributed by atoms with Crippen molar-refractivity contribution in [3.63, 3.8) is 0 Å². The molecule has 0 aliphatic heterocycles. The van der Waals surface area contributed by atoms with Gasteiger partial charge >= 0.3 is 0 Å². The summed E-state index contributed by atoms with van der Waals surface area (Å²) in [4.78, 5) is 32.6. The number of carbonyl (C=O) groups excluding carboxylic acids is 1. The number of aromatic amines is 2. The number of carbonyl (C=O) groups is 1. The first-order valence-corrected chi connectivity index (χ1v) is 15.4. The number of fused-ring (bicyclic) bond motifs is 2. The lowest BCUT2D eigenvalue weighted by Crippen LogP contribution is -2.21. The maximum Gasteiger partial charge on any atom is 0.224 e. The molecule has 1 aromatic carbocycles. The standard InChI is InChI=1S/C29H25F2N9O3S/c1-3-4-22(41)36-19-10-17(12-32-13-19)25-24(31)23-21(14-34-25)39-40-28(23)29-37-20-5-6-33-26(27(20)38-29)16-7-15(8-18(30)9-16)11-35-44(2,42)43/h5-10,12-14,35H,3-4,11H2,1-2H3,(H,36,41)(H,37,38)(H,39,40). The van der Waals surface area contributed by atoms with Crippen molar-refractivity contribution in [2.24, 2.45) is 0 Å². The van der Waals surface area contributed by atoms with Gasteiger partial charge in [-0.3, -0.25) is 24.8 Å². The molecule has 12 nitrogen and oxygen atoms in total. The smallest absolute Gasteiger partial charge is 0.224 e. The first-order chi connectivity index (χ1) is 21.1. The lowest BCUT2D eigenvalue weighted by molar-refractivity contribution is -0.116. The van der Waals surface area contributed by atoms with Gasteiger partial charge in [0.2, 0.25) is 15.9 Å². The lowest BCUT2D eigenvalue weighted by Gasteiger charge is -2.07. The second-order valence-electron chi connectivity index (χ2n) is 10.1. The molecule has 6 rings (SSSR count). The molecule has 4 N–H and O–H groups in total. The van der Waals surface area contributed by atoms with E-state index in [2.05, 4.69) is 45.2 Å². The molecule has 15 heteroatoms. The van der Waals surface area contributed by atoms with Crippen LogP contribution in [0.25, 0.3) is 56.0 Å². The van der Waals surface area contributed by atoms with Crippen LogP contribution in [0.3, 0.4) is 0 Å². The van der Waals surface area contributed by atoms with E-state index in [9.17, 15) is 17.6 Å². The maximum absolute atomic E-state index is 16.1. The lowest BCUT2D eigenvalue weighted by atomic mass is 10.1. The van der Waals surface area contributed by atoms with E-state index in [1.807, 2.05) is 6.92 Å². The summed E-state index contributed by atoms with van der Waals surface area (Å²) in [6.07, 6.45) is 7.93. The number of nitrogens with one attached hydrogen (secondary N) is 4. The van der Waals surface area contributed by atoms with Gasteiger partial charge in [-0.25, -0.2) is 26.9 Å². The minimum Gasteiger partial charge on any atom is -0.336 e. The van der Waals surface area contributed by atoms with Gasteiger partial charge in [0.25, 0.3) is 0 Å². The van der Waals surface area contributed by atoms with Gasteiger partial charge in [-0.2, -0.15) is 5.10 Å². The first kappa shape index (κ1) is 28.9. The van der Waals surface area contributed by atoms with E-state index in [1.165, 1.54) is 36.9 Å². The molecular weight excluding hydrogens is 592 g/mol. The van der Waals surface area contributed by atoms with E-state index < -0.39 is 21.7 Å². The number of rotatable bonds is 9. The Balaban J connectivity index is 1.40. The molecule has 0 saturated carbocycles. The van der Waals surface area contributed by atoms with Crippen LogP contribution in [0, 0.1) is 11.6 Å². The quantitative estimate of drug-likeness (QED) is 0.181. The molecule has 0 fully saturated rings. The Morgan fingerprint density at radius 2 is 1.82 bits per heavy atom. The van der Waals surface area contributed by atoms with Gasteiger partial charge in [-0.1, -0.05) is 6.92 Å². The van der Waals surface area contributed by atoms with E-state index >= 15 is 4.39 Å². The molecule has 224 valence electrons. The molecule has 0 atom stereocenters. The summed E-state index contributed by atoms with van der Waals surface area (Å²) in [5.74, 6) is -1.19. The number of nitrogens with zero attached hydrogens (tertiary/aromatic N) is 5. The second kappa shape index (κ2) is 11.5. The number of halogens is 2. The normalized spacial score (nSPS) is 11.8. The molecule has 0 aliphatic rings. The van der Waals surface area contributed by atoms with Crippen molar-refractivity contribution in [3.8, 4) is 34.0 Å². The zero-order valence-electron chi connectivity index (χ0n) is 23.4. The van der Waals surface area contributed by atoms with Gasteiger partial charge in [0.15, 0.2) is 11.6 Å². The van der Waals surface area contributed by atoms with E-state index in [1.54, 1.807) is 18.2 Å². The van der Waals surface area contributed by atoms with E-state index in [0.29, 0.717) is 57.5 Å². The zero-order chi connectivity index (χ0) is 31.0. The summed E-state index contributed by atoms with van der Waals surface area (Å²) in [7, 11) is -3.49. The number of benzene rings is 1. The average Bonchev–Trinajstić information content (AvgIpc) is 3.61. The van der Waals surface area contributed by atoms with Crippen molar-refractivity contribution in [1.29, 1.82) is 0 Å². The number of pyridine rings is 3. The van der Waals surface area contributed by atoms with Crippen LogP contribution in [0.4, 0.5) is 14.5 Å². The van der Waals surface area contributed by atoms with Crippen molar-refractivity contribution in [1.82, 2.24) is 39.8 Å². The fraction of sp³-hybridized carbons (Fsp3) is 0.172. The number of hydrogen-bond acceptors (Lipinski definition) is 8. The summed E-state index contributed by atoms with van der Waals surface area (Å²) in [6.45, 7) is 1.79. The zero-order valence-corrected chi connectivity index (χ0v) is 24.3. The fourth-order valence-electron chi connectivity index (χ4n) is 4.80. The van der Waals surface area contributed by atoms with Gasteiger partial charge < -0.3 is 10.3 Å². The summed E-state index contributed by atoms with van der Waals surface area (Å²) < 4.78 is 56.1. The van der Waals surface area contributed by atoms with Crippen LogP contribution in [-0.2, 0) is 21.4 Å². The van der Waals surface area contributed by atoms with Crippen molar-refractivity contribution < 1.29 is 22.0 Å². The molecule has 6 aromatic rings. The van der Waals surface area contributed by atoms with Crippen LogP contribution >= 0.6 is 0 Å². The maximum atomic E-state index is 16.1. The van der Waals surface area contributed by atoms with Crippen LogP contribution in [0.5, 0.6) is 0 Å².